The number of furan rings is 1. The Morgan fingerprint density at radius 2 is 1.77 bits per heavy atom. The number of halogens is 2. The van der Waals surface area contributed by atoms with Crippen molar-refractivity contribution in [3.8, 4) is 0 Å². The summed E-state index contributed by atoms with van der Waals surface area (Å²) < 4.78 is 54.4. The molecular weight excluding hydrogens is 364 g/mol. The monoisotopic (exact) mass is 377 g/mol. The number of alkyl halides is 2. The van der Waals surface area contributed by atoms with E-state index in [1.165, 1.54) is 24.3 Å². The van der Waals surface area contributed by atoms with Crippen LogP contribution in [0.2, 0.25) is 0 Å². The Balaban J connectivity index is 1.80. The standard InChI is InChI=1S/C18H13F2NO4S/c19-18(20)26(23,24)16-8-4-2-6-14(16)21-17(22)10-9-13-11-12-5-1-3-7-15(12)25-13/h1-11,18H,(H,21,22)/b10-9+. The summed E-state index contributed by atoms with van der Waals surface area (Å²) >= 11 is 0. The molecule has 0 saturated carbocycles. The number of nitrogens with one attached hydrogen (secondary N) is 1. The number of sulfone groups is 1. The highest BCUT2D eigenvalue weighted by atomic mass is 32.2. The van der Waals surface area contributed by atoms with Gasteiger partial charge in [-0.3, -0.25) is 4.79 Å². The lowest BCUT2D eigenvalue weighted by Gasteiger charge is -2.09. The first-order valence-electron chi connectivity index (χ1n) is 7.46. The molecule has 26 heavy (non-hydrogen) atoms. The molecule has 1 aromatic heterocycles. The highest BCUT2D eigenvalue weighted by molar-refractivity contribution is 7.91. The summed E-state index contributed by atoms with van der Waals surface area (Å²) in [6.45, 7) is 0. The van der Waals surface area contributed by atoms with E-state index in [1.807, 2.05) is 18.2 Å². The summed E-state index contributed by atoms with van der Waals surface area (Å²) in [5, 5.41) is 3.16. The van der Waals surface area contributed by atoms with Gasteiger partial charge in [-0.2, -0.15) is 8.78 Å². The average molecular weight is 377 g/mol. The molecule has 0 aliphatic carbocycles. The van der Waals surface area contributed by atoms with E-state index < -0.39 is 26.4 Å². The fourth-order valence-corrected chi connectivity index (χ4v) is 3.22. The molecule has 0 fully saturated rings. The second-order valence-electron chi connectivity index (χ2n) is 5.31. The maximum atomic E-state index is 12.8. The highest BCUT2D eigenvalue weighted by Gasteiger charge is 2.29. The molecule has 0 saturated heterocycles. The molecule has 0 unspecified atom stereocenters. The number of benzene rings is 2. The van der Waals surface area contributed by atoms with Crippen molar-refractivity contribution in [2.75, 3.05) is 5.32 Å². The smallest absolute Gasteiger partial charge is 0.341 e. The lowest BCUT2D eigenvalue weighted by molar-refractivity contribution is -0.111. The van der Waals surface area contributed by atoms with Crippen LogP contribution in [0.4, 0.5) is 14.5 Å². The molecule has 5 nitrogen and oxygen atoms in total. The molecule has 0 aliphatic rings. The second kappa shape index (κ2) is 7.09. The number of anilines is 1. The van der Waals surface area contributed by atoms with Crippen molar-refractivity contribution in [1.82, 2.24) is 0 Å². The van der Waals surface area contributed by atoms with Gasteiger partial charge in [-0.25, -0.2) is 8.42 Å². The van der Waals surface area contributed by atoms with Crippen LogP contribution in [0.5, 0.6) is 0 Å². The number of rotatable bonds is 5. The van der Waals surface area contributed by atoms with E-state index in [2.05, 4.69) is 5.32 Å². The van der Waals surface area contributed by atoms with Crippen LogP contribution < -0.4 is 5.32 Å². The number of fused-ring (bicyclic) bond motifs is 1. The van der Waals surface area contributed by atoms with Crippen molar-refractivity contribution in [1.29, 1.82) is 0 Å². The fourth-order valence-electron chi connectivity index (χ4n) is 2.33. The first-order valence-corrected chi connectivity index (χ1v) is 9.01. The van der Waals surface area contributed by atoms with Gasteiger partial charge in [-0.05, 0) is 30.3 Å². The SMILES string of the molecule is O=C(/C=C/c1cc2ccccc2o1)Nc1ccccc1S(=O)(=O)C(F)F. The number of carbonyl (C=O) groups excluding carboxylic acids is 1. The summed E-state index contributed by atoms with van der Waals surface area (Å²) in [6.07, 6.45) is 2.53. The zero-order chi connectivity index (χ0) is 18.7. The predicted molar refractivity (Wildman–Crippen MR) is 93.5 cm³/mol. The molecule has 1 N–H and O–H groups in total. The Morgan fingerprint density at radius 1 is 1.08 bits per heavy atom. The van der Waals surface area contributed by atoms with Crippen LogP contribution in [0.1, 0.15) is 5.76 Å². The van der Waals surface area contributed by atoms with E-state index in [0.717, 1.165) is 17.5 Å². The van der Waals surface area contributed by atoms with Crippen LogP contribution in [0.15, 0.2) is 70.0 Å². The Hall–Kier alpha value is -3.00. The van der Waals surface area contributed by atoms with Crippen molar-refractivity contribution in [2.24, 2.45) is 0 Å². The lowest BCUT2D eigenvalue weighted by atomic mass is 10.2. The van der Waals surface area contributed by atoms with E-state index >= 15 is 0 Å². The lowest BCUT2D eigenvalue weighted by Crippen LogP contribution is -2.16. The van der Waals surface area contributed by atoms with E-state index in [-0.39, 0.29) is 5.69 Å². The van der Waals surface area contributed by atoms with Gasteiger partial charge in [0.1, 0.15) is 11.3 Å². The van der Waals surface area contributed by atoms with E-state index in [1.54, 1.807) is 12.1 Å². The number of carbonyl (C=O) groups is 1. The van der Waals surface area contributed by atoms with Crippen molar-refractivity contribution in [3.05, 3.63) is 66.4 Å². The molecule has 1 heterocycles. The maximum Gasteiger partial charge on any atom is 0.341 e. The summed E-state index contributed by atoms with van der Waals surface area (Å²) in [6, 6.07) is 14.0. The topological polar surface area (TPSA) is 76.4 Å². The van der Waals surface area contributed by atoms with Crippen LogP contribution in [-0.4, -0.2) is 20.1 Å². The van der Waals surface area contributed by atoms with Gasteiger partial charge in [-0.1, -0.05) is 30.3 Å². The van der Waals surface area contributed by atoms with Gasteiger partial charge >= 0.3 is 5.76 Å². The molecule has 3 aromatic rings. The Bertz CT molecular complexity index is 1050. The van der Waals surface area contributed by atoms with Crippen molar-refractivity contribution >= 4 is 38.5 Å². The summed E-state index contributed by atoms with van der Waals surface area (Å²) in [4.78, 5) is 11.4. The second-order valence-corrected chi connectivity index (χ2v) is 7.20. The predicted octanol–water partition coefficient (Wildman–Crippen LogP) is 4.08. The molecule has 0 radical (unpaired) electrons. The Labute approximate surface area is 147 Å². The van der Waals surface area contributed by atoms with Gasteiger partial charge in [-0.15, -0.1) is 0 Å². The first-order chi connectivity index (χ1) is 12.4. The van der Waals surface area contributed by atoms with Crippen LogP contribution in [-0.2, 0) is 14.6 Å². The Kier molecular flexibility index (Phi) is 4.85. The zero-order valence-electron chi connectivity index (χ0n) is 13.2. The van der Waals surface area contributed by atoms with E-state index in [4.69, 9.17) is 4.42 Å². The number of amides is 1. The summed E-state index contributed by atoms with van der Waals surface area (Å²) in [5.41, 5.74) is 0.438. The average Bonchev–Trinajstić information content (AvgIpc) is 3.03. The van der Waals surface area contributed by atoms with Gasteiger partial charge in [0.2, 0.25) is 15.7 Å². The minimum Gasteiger partial charge on any atom is -0.457 e. The zero-order valence-corrected chi connectivity index (χ0v) is 14.0. The molecule has 0 spiro atoms. The first kappa shape index (κ1) is 17.8. The number of para-hydroxylation sites is 2. The maximum absolute atomic E-state index is 12.8. The molecule has 2 aromatic carbocycles. The third kappa shape index (κ3) is 3.65. The largest absolute Gasteiger partial charge is 0.457 e. The third-order valence-corrected chi connectivity index (χ3v) is 4.97. The molecule has 134 valence electrons. The van der Waals surface area contributed by atoms with Crippen LogP contribution in [0, 0.1) is 0 Å². The van der Waals surface area contributed by atoms with Crippen LogP contribution in [0.25, 0.3) is 17.0 Å². The van der Waals surface area contributed by atoms with Gasteiger partial charge < -0.3 is 9.73 Å². The molecule has 8 heteroatoms. The molecule has 1 amide bonds. The Morgan fingerprint density at radius 3 is 2.50 bits per heavy atom. The molecule has 0 aliphatic heterocycles. The van der Waals surface area contributed by atoms with Crippen molar-refractivity contribution < 1.29 is 26.4 Å². The van der Waals surface area contributed by atoms with Crippen LogP contribution >= 0.6 is 0 Å². The van der Waals surface area contributed by atoms with Crippen molar-refractivity contribution in [3.63, 3.8) is 0 Å². The highest BCUT2D eigenvalue weighted by Crippen LogP contribution is 2.26. The number of hydrogen-bond donors (Lipinski definition) is 1. The van der Waals surface area contributed by atoms with Gasteiger partial charge in [0.25, 0.3) is 0 Å². The quantitative estimate of drug-likeness (QED) is 0.680. The minimum atomic E-state index is -4.83. The minimum absolute atomic E-state index is 0.216. The molecule has 3 rings (SSSR count). The van der Waals surface area contributed by atoms with Gasteiger partial charge in [0, 0.05) is 11.5 Å². The van der Waals surface area contributed by atoms with E-state index in [0.29, 0.717) is 11.3 Å². The molecular formula is C18H13F2NO4S. The molecule has 0 bridgehead atoms. The normalized spacial score (nSPS) is 12.1. The van der Waals surface area contributed by atoms with Crippen LogP contribution in [0.3, 0.4) is 0 Å². The van der Waals surface area contributed by atoms with Gasteiger partial charge in [0.05, 0.1) is 10.6 Å². The van der Waals surface area contributed by atoms with Crippen molar-refractivity contribution in [2.45, 2.75) is 10.7 Å². The summed E-state index contributed by atoms with van der Waals surface area (Å²) in [7, 11) is -4.83. The molecule has 0 atom stereocenters. The van der Waals surface area contributed by atoms with Gasteiger partial charge in [0.15, 0.2) is 0 Å². The van der Waals surface area contributed by atoms with E-state index in [9.17, 15) is 22.0 Å². The third-order valence-electron chi connectivity index (χ3n) is 3.53. The summed E-state index contributed by atoms with van der Waals surface area (Å²) in [5.74, 6) is -3.83. The fraction of sp³-hybridized carbons (Fsp3) is 0.0556. The number of hydrogen-bond acceptors (Lipinski definition) is 4.